The number of rotatable bonds is 3. The van der Waals surface area contributed by atoms with E-state index in [2.05, 4.69) is 0 Å². The normalized spacial score (nSPS) is 10.6. The second-order valence-electron chi connectivity index (χ2n) is 2.81. The van der Waals surface area contributed by atoms with Gasteiger partial charge in [-0.2, -0.15) is 0 Å². The first-order valence-electron chi connectivity index (χ1n) is 4.17. The molecule has 0 aliphatic heterocycles. The Morgan fingerprint density at radius 2 is 2.07 bits per heavy atom. The first-order valence-corrected chi connectivity index (χ1v) is 4.17. The minimum atomic E-state index is -2.75. The van der Waals surface area contributed by atoms with Gasteiger partial charge in [0.05, 0.1) is 0 Å². The summed E-state index contributed by atoms with van der Waals surface area (Å²) in [6, 6.07) is 2.73. The molecule has 0 N–H and O–H groups in total. The van der Waals surface area contributed by atoms with Crippen molar-refractivity contribution in [2.75, 3.05) is 0 Å². The number of hydrogen-bond acceptors (Lipinski definition) is 1. The van der Waals surface area contributed by atoms with E-state index >= 15 is 0 Å². The predicted molar refractivity (Wildman–Crippen MR) is 46.0 cm³/mol. The molecule has 0 aliphatic rings. The Hall–Kier alpha value is -1.32. The topological polar surface area (TPSA) is 17.1 Å². The van der Waals surface area contributed by atoms with E-state index in [9.17, 15) is 18.0 Å². The summed E-state index contributed by atoms with van der Waals surface area (Å²) in [7, 11) is 0. The number of carbonyl (C=O) groups is 1. The summed E-state index contributed by atoms with van der Waals surface area (Å²) in [5.41, 5.74) is -0.624. The number of benzene rings is 1. The van der Waals surface area contributed by atoms with Crippen molar-refractivity contribution in [2.24, 2.45) is 0 Å². The van der Waals surface area contributed by atoms with Gasteiger partial charge in [0, 0.05) is 17.5 Å². The maximum absolute atomic E-state index is 12.7. The molecular weight excluding hydrogens is 193 g/mol. The molecule has 0 saturated carbocycles. The summed E-state index contributed by atoms with van der Waals surface area (Å²) in [4.78, 5) is 11.2. The molecule has 0 radical (unpaired) electrons. The molecule has 0 unspecified atom stereocenters. The fraction of sp³-hybridized carbons (Fsp3) is 0.300. The Kier molecular flexibility index (Phi) is 3.28. The maximum atomic E-state index is 12.7. The predicted octanol–water partition coefficient (Wildman–Crippen LogP) is 3.36. The number of ketones is 1. The average Bonchev–Trinajstić information content (AvgIpc) is 2.16. The molecule has 0 bridgehead atoms. The smallest absolute Gasteiger partial charge is 0.264 e. The van der Waals surface area contributed by atoms with Crippen molar-refractivity contribution in [1.29, 1.82) is 0 Å². The number of carbonyl (C=O) groups excluding carboxylic acids is 1. The third-order valence-electron chi connectivity index (χ3n) is 1.87. The Morgan fingerprint density at radius 1 is 1.43 bits per heavy atom. The van der Waals surface area contributed by atoms with Crippen LogP contribution in [0.1, 0.15) is 35.7 Å². The van der Waals surface area contributed by atoms with E-state index in [1.54, 1.807) is 6.92 Å². The molecule has 0 spiro atoms. The van der Waals surface area contributed by atoms with Gasteiger partial charge in [0.2, 0.25) is 0 Å². The minimum absolute atomic E-state index is 0.0865. The number of halogens is 3. The van der Waals surface area contributed by atoms with E-state index in [1.807, 2.05) is 0 Å². The molecule has 1 nitrogen and oxygen atoms in total. The molecule has 14 heavy (non-hydrogen) atoms. The van der Waals surface area contributed by atoms with Crippen molar-refractivity contribution in [1.82, 2.24) is 0 Å². The van der Waals surface area contributed by atoms with Gasteiger partial charge < -0.3 is 0 Å². The highest BCUT2D eigenvalue weighted by atomic mass is 19.3. The molecule has 0 amide bonds. The lowest BCUT2D eigenvalue weighted by molar-refractivity contribution is 0.0973. The van der Waals surface area contributed by atoms with Crippen LogP contribution in [-0.4, -0.2) is 5.78 Å². The molecular formula is C10H9F3O. The Bertz CT molecular complexity index is 347. The number of Topliss-reactive ketones (excluding diaryl/α,β-unsaturated/α-hetero) is 1. The highest BCUT2D eigenvalue weighted by Crippen LogP contribution is 2.24. The van der Waals surface area contributed by atoms with Gasteiger partial charge in [0.1, 0.15) is 5.82 Å². The van der Waals surface area contributed by atoms with E-state index in [1.165, 1.54) is 0 Å². The van der Waals surface area contributed by atoms with Crippen LogP contribution < -0.4 is 0 Å². The summed E-state index contributed by atoms with van der Waals surface area (Å²) < 4.78 is 37.5. The lowest BCUT2D eigenvalue weighted by Gasteiger charge is -2.06. The quantitative estimate of drug-likeness (QED) is 0.687. The van der Waals surface area contributed by atoms with Crippen LogP contribution >= 0.6 is 0 Å². The molecule has 76 valence electrons. The second kappa shape index (κ2) is 4.26. The van der Waals surface area contributed by atoms with Crippen LogP contribution in [0.25, 0.3) is 0 Å². The summed E-state index contributed by atoms with van der Waals surface area (Å²) in [6.45, 7) is 1.54. The van der Waals surface area contributed by atoms with E-state index in [0.29, 0.717) is 0 Å². The fourth-order valence-corrected chi connectivity index (χ4v) is 1.15. The van der Waals surface area contributed by atoms with E-state index in [-0.39, 0.29) is 12.0 Å². The number of alkyl halides is 2. The van der Waals surface area contributed by atoms with Gasteiger partial charge in [-0.05, 0) is 18.2 Å². The zero-order chi connectivity index (χ0) is 10.7. The van der Waals surface area contributed by atoms with Crippen LogP contribution in [0, 0.1) is 5.82 Å². The molecule has 1 rings (SSSR count). The van der Waals surface area contributed by atoms with Crippen molar-refractivity contribution in [3.8, 4) is 0 Å². The van der Waals surface area contributed by atoms with E-state index in [0.717, 1.165) is 18.2 Å². The van der Waals surface area contributed by atoms with Gasteiger partial charge in [-0.1, -0.05) is 6.92 Å². The first-order chi connectivity index (χ1) is 6.56. The van der Waals surface area contributed by atoms with Gasteiger partial charge in [-0.3, -0.25) is 4.79 Å². The van der Waals surface area contributed by atoms with E-state index in [4.69, 9.17) is 0 Å². The SMILES string of the molecule is CCC(=O)c1cc(F)ccc1C(F)F. The monoisotopic (exact) mass is 202 g/mol. The van der Waals surface area contributed by atoms with Gasteiger partial charge in [-0.15, -0.1) is 0 Å². The summed E-state index contributed by atoms with van der Waals surface area (Å²) in [5.74, 6) is -1.15. The lowest BCUT2D eigenvalue weighted by atomic mass is 10.0. The van der Waals surface area contributed by atoms with Gasteiger partial charge in [0.25, 0.3) is 6.43 Å². The van der Waals surface area contributed by atoms with Crippen LogP contribution in [-0.2, 0) is 0 Å². The van der Waals surface area contributed by atoms with Crippen molar-refractivity contribution in [3.63, 3.8) is 0 Å². The molecule has 4 heteroatoms. The molecule has 0 saturated heterocycles. The Balaban J connectivity index is 3.22. The molecule has 1 aromatic carbocycles. The largest absolute Gasteiger partial charge is 0.294 e. The fourth-order valence-electron chi connectivity index (χ4n) is 1.15. The molecule has 1 aromatic rings. The highest BCUT2D eigenvalue weighted by molar-refractivity contribution is 5.97. The molecule has 0 aromatic heterocycles. The lowest BCUT2D eigenvalue weighted by Crippen LogP contribution is -2.03. The maximum Gasteiger partial charge on any atom is 0.264 e. The Labute approximate surface area is 79.5 Å². The molecule has 0 heterocycles. The Morgan fingerprint density at radius 3 is 2.57 bits per heavy atom. The third kappa shape index (κ3) is 2.13. The van der Waals surface area contributed by atoms with Gasteiger partial charge in [0.15, 0.2) is 5.78 Å². The average molecular weight is 202 g/mol. The minimum Gasteiger partial charge on any atom is -0.294 e. The van der Waals surface area contributed by atoms with Crippen molar-refractivity contribution in [3.05, 3.63) is 35.1 Å². The second-order valence-corrected chi connectivity index (χ2v) is 2.81. The van der Waals surface area contributed by atoms with Crippen LogP contribution in [0.2, 0.25) is 0 Å². The summed E-state index contributed by atoms with van der Waals surface area (Å²) in [6.07, 6.45) is -2.66. The van der Waals surface area contributed by atoms with Gasteiger partial charge >= 0.3 is 0 Å². The first kappa shape index (κ1) is 10.8. The molecule has 0 fully saturated rings. The van der Waals surface area contributed by atoms with Crippen molar-refractivity contribution < 1.29 is 18.0 Å². The zero-order valence-corrected chi connectivity index (χ0v) is 7.56. The van der Waals surface area contributed by atoms with Crippen LogP contribution in [0.3, 0.4) is 0 Å². The molecule has 0 aliphatic carbocycles. The standard InChI is InChI=1S/C10H9F3O/c1-2-9(14)8-5-6(11)3-4-7(8)10(12)13/h3-5,10H,2H2,1H3. The van der Waals surface area contributed by atoms with Crippen molar-refractivity contribution in [2.45, 2.75) is 19.8 Å². The highest BCUT2D eigenvalue weighted by Gasteiger charge is 2.17. The summed E-state index contributed by atoms with van der Waals surface area (Å²) >= 11 is 0. The van der Waals surface area contributed by atoms with Gasteiger partial charge in [-0.25, -0.2) is 13.2 Å². The zero-order valence-electron chi connectivity index (χ0n) is 7.56. The van der Waals surface area contributed by atoms with Crippen LogP contribution in [0.4, 0.5) is 13.2 Å². The third-order valence-corrected chi connectivity index (χ3v) is 1.87. The van der Waals surface area contributed by atoms with Crippen LogP contribution in [0.15, 0.2) is 18.2 Å². The summed E-state index contributed by atoms with van der Waals surface area (Å²) in [5, 5.41) is 0. The number of hydrogen-bond donors (Lipinski definition) is 0. The van der Waals surface area contributed by atoms with Crippen molar-refractivity contribution >= 4 is 5.78 Å². The van der Waals surface area contributed by atoms with Crippen LogP contribution in [0.5, 0.6) is 0 Å². The molecule has 0 atom stereocenters. The van der Waals surface area contributed by atoms with E-state index < -0.39 is 23.6 Å².